The summed E-state index contributed by atoms with van der Waals surface area (Å²) >= 11 is 0. The van der Waals surface area contributed by atoms with Crippen LogP contribution in [0, 0.1) is 5.92 Å². The third-order valence-electron chi connectivity index (χ3n) is 4.55. The maximum absolute atomic E-state index is 12.3. The molecule has 1 heterocycles. The number of nitrogens with zero attached hydrogens (tertiary/aromatic N) is 1. The molecule has 0 spiro atoms. The van der Waals surface area contributed by atoms with Gasteiger partial charge in [0.05, 0.1) is 26.7 Å². The molecule has 1 aromatic rings. The number of hydrogen-bond donors (Lipinski definition) is 0. The Kier molecular flexibility index (Phi) is 8.51. The summed E-state index contributed by atoms with van der Waals surface area (Å²) in [5.41, 5.74) is 0.722. The maximum atomic E-state index is 12.3. The summed E-state index contributed by atoms with van der Waals surface area (Å²) < 4.78 is 20.4. The number of hydrogen-bond acceptors (Lipinski definition) is 7. The van der Waals surface area contributed by atoms with Crippen molar-refractivity contribution >= 4 is 23.9 Å². The first-order valence-corrected chi connectivity index (χ1v) is 9.49. The third kappa shape index (κ3) is 6.51. The molecule has 1 fully saturated rings. The second-order valence-electron chi connectivity index (χ2n) is 6.49. The van der Waals surface area contributed by atoms with Gasteiger partial charge in [0.1, 0.15) is 0 Å². The number of amides is 1. The van der Waals surface area contributed by atoms with Gasteiger partial charge in [-0.05, 0) is 43.5 Å². The first kappa shape index (κ1) is 22.3. The highest BCUT2D eigenvalue weighted by Gasteiger charge is 2.29. The molecule has 0 saturated carbocycles. The molecule has 0 N–H and O–H groups in total. The summed E-state index contributed by atoms with van der Waals surface area (Å²) in [6, 6.07) is 5.21. The van der Waals surface area contributed by atoms with Crippen LogP contribution in [0.2, 0.25) is 0 Å². The third-order valence-corrected chi connectivity index (χ3v) is 4.55. The van der Waals surface area contributed by atoms with Gasteiger partial charge in [0.25, 0.3) is 5.91 Å². The van der Waals surface area contributed by atoms with Crippen LogP contribution in [0.4, 0.5) is 0 Å². The van der Waals surface area contributed by atoms with E-state index in [1.165, 1.54) is 18.1 Å². The minimum absolute atomic E-state index is 0.288. The van der Waals surface area contributed by atoms with Crippen molar-refractivity contribution in [3.05, 3.63) is 29.8 Å². The van der Waals surface area contributed by atoms with E-state index in [1.807, 2.05) is 0 Å². The predicted octanol–water partition coefficient (Wildman–Crippen LogP) is 2.06. The zero-order valence-electron chi connectivity index (χ0n) is 17.0. The van der Waals surface area contributed by atoms with Crippen molar-refractivity contribution in [2.75, 3.05) is 40.5 Å². The number of piperidine rings is 1. The van der Waals surface area contributed by atoms with Crippen molar-refractivity contribution in [1.82, 2.24) is 4.90 Å². The van der Waals surface area contributed by atoms with Crippen LogP contribution < -0.4 is 9.47 Å². The van der Waals surface area contributed by atoms with Gasteiger partial charge in [0, 0.05) is 19.2 Å². The van der Waals surface area contributed by atoms with E-state index in [2.05, 4.69) is 0 Å². The minimum Gasteiger partial charge on any atom is -0.493 e. The molecule has 1 atom stereocenters. The first-order valence-electron chi connectivity index (χ1n) is 9.49. The monoisotopic (exact) mass is 405 g/mol. The normalized spacial score (nSPS) is 16.4. The van der Waals surface area contributed by atoms with Gasteiger partial charge in [-0.3, -0.25) is 9.59 Å². The number of likely N-dealkylation sites (tertiary alicyclic amines) is 1. The molecule has 2 rings (SSSR count). The Bertz CT molecular complexity index is 759. The number of benzene rings is 1. The molecule has 8 nitrogen and oxygen atoms in total. The van der Waals surface area contributed by atoms with Crippen molar-refractivity contribution in [2.24, 2.45) is 5.92 Å². The zero-order chi connectivity index (χ0) is 21.2. The molecular weight excluding hydrogens is 378 g/mol. The largest absolute Gasteiger partial charge is 0.493 e. The first-order chi connectivity index (χ1) is 14.0. The van der Waals surface area contributed by atoms with Crippen molar-refractivity contribution in [3.63, 3.8) is 0 Å². The predicted molar refractivity (Wildman–Crippen MR) is 105 cm³/mol. The van der Waals surface area contributed by atoms with Gasteiger partial charge in [0.2, 0.25) is 0 Å². The van der Waals surface area contributed by atoms with Crippen molar-refractivity contribution in [2.45, 2.75) is 19.8 Å². The Morgan fingerprint density at radius 2 is 1.90 bits per heavy atom. The average molecular weight is 405 g/mol. The quantitative estimate of drug-likeness (QED) is 0.483. The number of carbonyl (C=O) groups excluding carboxylic acids is 3. The second-order valence-corrected chi connectivity index (χ2v) is 6.49. The standard InChI is InChI=1S/C21H27NO7/c1-4-28-21(25)16-6-5-11-22(13-16)19(23)14-29-20(24)10-8-15-7-9-17(26-2)18(12-15)27-3/h7-10,12,16H,4-6,11,13-14H2,1-3H3/b10-8+/t16-/m1/s1. The Morgan fingerprint density at radius 1 is 1.14 bits per heavy atom. The molecule has 0 aliphatic carbocycles. The highest BCUT2D eigenvalue weighted by Crippen LogP contribution is 2.28. The van der Waals surface area contributed by atoms with Crippen LogP contribution in [0.3, 0.4) is 0 Å². The summed E-state index contributed by atoms with van der Waals surface area (Å²) in [4.78, 5) is 37.6. The van der Waals surface area contributed by atoms with E-state index in [0.717, 1.165) is 5.56 Å². The van der Waals surface area contributed by atoms with Crippen LogP contribution >= 0.6 is 0 Å². The smallest absolute Gasteiger partial charge is 0.331 e. The number of methoxy groups -OCH3 is 2. The molecule has 1 aromatic carbocycles. The topological polar surface area (TPSA) is 91.4 Å². The maximum Gasteiger partial charge on any atom is 0.331 e. The summed E-state index contributed by atoms with van der Waals surface area (Å²) in [6.07, 6.45) is 4.21. The highest BCUT2D eigenvalue weighted by atomic mass is 16.5. The van der Waals surface area contributed by atoms with Crippen molar-refractivity contribution < 1.29 is 33.3 Å². The number of esters is 2. The van der Waals surface area contributed by atoms with Gasteiger partial charge in [-0.2, -0.15) is 0 Å². The van der Waals surface area contributed by atoms with Crippen LogP contribution in [0.5, 0.6) is 11.5 Å². The molecule has 1 aliphatic rings. The fourth-order valence-corrected chi connectivity index (χ4v) is 3.05. The van der Waals surface area contributed by atoms with Crippen molar-refractivity contribution in [3.8, 4) is 11.5 Å². The van der Waals surface area contributed by atoms with Gasteiger partial charge in [-0.25, -0.2) is 4.79 Å². The molecule has 0 radical (unpaired) electrons. The van der Waals surface area contributed by atoms with E-state index in [1.54, 1.807) is 38.3 Å². The van der Waals surface area contributed by atoms with E-state index < -0.39 is 5.97 Å². The molecule has 8 heteroatoms. The van der Waals surface area contributed by atoms with Gasteiger partial charge in [-0.1, -0.05) is 6.07 Å². The summed E-state index contributed by atoms with van der Waals surface area (Å²) in [5, 5.41) is 0. The fourth-order valence-electron chi connectivity index (χ4n) is 3.05. The minimum atomic E-state index is -0.632. The zero-order valence-corrected chi connectivity index (χ0v) is 17.0. The lowest BCUT2D eigenvalue weighted by Crippen LogP contribution is -2.44. The SMILES string of the molecule is CCOC(=O)[C@@H]1CCCN(C(=O)COC(=O)/C=C/c2ccc(OC)c(OC)c2)C1. The molecule has 0 bridgehead atoms. The molecule has 0 aromatic heterocycles. The Labute approximate surface area is 170 Å². The molecule has 29 heavy (non-hydrogen) atoms. The summed E-state index contributed by atoms with van der Waals surface area (Å²) in [6.45, 7) is 2.51. The Balaban J connectivity index is 1.84. The van der Waals surface area contributed by atoms with Crippen molar-refractivity contribution in [1.29, 1.82) is 0 Å². The lowest BCUT2D eigenvalue weighted by molar-refractivity contribution is -0.154. The van der Waals surface area contributed by atoms with E-state index in [9.17, 15) is 14.4 Å². The molecule has 1 aliphatic heterocycles. The average Bonchev–Trinajstić information content (AvgIpc) is 2.75. The van der Waals surface area contributed by atoms with Crippen LogP contribution in [0.1, 0.15) is 25.3 Å². The molecule has 1 saturated heterocycles. The number of ether oxygens (including phenoxy) is 4. The van der Waals surface area contributed by atoms with Crippen LogP contribution in [0.15, 0.2) is 24.3 Å². The lowest BCUT2D eigenvalue weighted by atomic mass is 9.98. The fraction of sp³-hybridized carbons (Fsp3) is 0.476. The van der Waals surface area contributed by atoms with Crippen LogP contribution in [-0.4, -0.2) is 63.3 Å². The molecular formula is C21H27NO7. The highest BCUT2D eigenvalue weighted by molar-refractivity contribution is 5.89. The lowest BCUT2D eigenvalue weighted by Gasteiger charge is -2.31. The van der Waals surface area contributed by atoms with E-state index in [-0.39, 0.29) is 30.9 Å². The molecule has 0 unspecified atom stereocenters. The van der Waals surface area contributed by atoms with E-state index in [4.69, 9.17) is 18.9 Å². The molecule has 1 amide bonds. The summed E-state index contributed by atoms with van der Waals surface area (Å²) in [7, 11) is 3.07. The molecule has 158 valence electrons. The second kappa shape index (κ2) is 11.1. The van der Waals surface area contributed by atoms with Gasteiger partial charge in [-0.15, -0.1) is 0 Å². The van der Waals surface area contributed by atoms with E-state index >= 15 is 0 Å². The van der Waals surface area contributed by atoms with Gasteiger partial charge in [0.15, 0.2) is 18.1 Å². The Morgan fingerprint density at radius 3 is 2.59 bits per heavy atom. The Hall–Kier alpha value is -3.03. The van der Waals surface area contributed by atoms with Crippen LogP contribution in [0.25, 0.3) is 6.08 Å². The van der Waals surface area contributed by atoms with E-state index in [0.29, 0.717) is 37.5 Å². The van der Waals surface area contributed by atoms with Gasteiger partial charge < -0.3 is 23.8 Å². The summed E-state index contributed by atoms with van der Waals surface area (Å²) in [5.74, 6) is -0.452. The number of carbonyl (C=O) groups is 3. The number of rotatable bonds is 8. The van der Waals surface area contributed by atoms with Gasteiger partial charge >= 0.3 is 11.9 Å². The van der Waals surface area contributed by atoms with Crippen LogP contribution in [-0.2, 0) is 23.9 Å².